The molecular formula is C73H24B49N4O4S2. The maximum Gasteiger partial charge on any atom is 0.354 e. The Morgan fingerprint density at radius 3 is 0.886 bits per heavy atom. The SMILES string of the molecule is C=C=C=C=C=C=C=C=C=C=C=C=C=C=C=C=C=C=C=C=C=C=C=C=C=C=C=C=C=C=C=C=C=C=C=C=C=C=C=C=C=C=C=C=C=C=C=C=C.COC(=O)/C(=C/c1cccc2ccsc12)N=[N+]=[N-].COC(=O)c1cc2c(ccc3ccsc32)[nH]1.[2HH].[B][B]B(B([B])[B])B(B([B])[B])B(B(B([B])[B])B([B])[B])B(B(B(B([B])[B])B([B])[B])B(B([B])[B])B([B])[B])B(B(B([B])[B])B([B])[B])B(B([B])[B])B([B])[B]. The summed E-state index contributed by atoms with van der Waals surface area (Å²) in [5.74, 6) is -0.984. The number of ether oxygens (including phenoxy) is 2. The first-order valence-corrected chi connectivity index (χ1v) is 39.9. The molecule has 8 nitrogen and oxygen atoms in total. The highest BCUT2D eigenvalue weighted by atomic mass is 32.1. The van der Waals surface area contributed by atoms with Crippen LogP contribution in [0.3, 0.4) is 0 Å². The van der Waals surface area contributed by atoms with Crippen molar-refractivity contribution in [3.05, 3.63) is 369 Å². The number of nitrogens with one attached hydrogen (secondary N) is 1. The van der Waals surface area contributed by atoms with Crippen molar-refractivity contribution in [2.24, 2.45) is 5.11 Å². The first-order valence-electron chi connectivity index (χ1n) is 38.1. The van der Waals surface area contributed by atoms with Crippen molar-refractivity contribution in [3.63, 3.8) is 0 Å². The smallest absolute Gasteiger partial charge is 0.354 e. The molecule has 0 bridgehead atoms. The van der Waals surface area contributed by atoms with Gasteiger partial charge in [-0.2, -0.15) is 0 Å². The quantitative estimate of drug-likeness (QED) is 0.0112. The van der Waals surface area contributed by atoms with Crippen LogP contribution < -0.4 is 0 Å². The average Bonchev–Trinajstić information content (AvgIpc) is 1.49. The first kappa shape index (κ1) is 117. The van der Waals surface area contributed by atoms with E-state index >= 15 is 0 Å². The van der Waals surface area contributed by atoms with Gasteiger partial charge < -0.3 is 14.5 Å². The normalized spacial score (nSPS) is 7.88. The third-order valence-corrected chi connectivity index (χ3v) is 19.8. The molecule has 3 heterocycles. The van der Waals surface area contributed by atoms with Gasteiger partial charge in [-0.3, -0.25) is 0 Å². The standard InChI is InChI=1S/C49H4.C12H9N3O2S.C12H9NO2S.B49.H2/c1-3-5-7-9-11-13-15-17-19-21-23-25-27-29-31-33-35-37-39-41-43-45-47-49-48-46-44-42-40-38-36-34-32-30-28-26-24-22-20-18-16-14-12-10-8-6-4-2;1-17-12(16)10(14-15-13)7-9-4-2-3-8-5-6-18-11(8)9;1-15-12(14)10-6-8-9(13-10)3-2-7-4-5-16-11(7)8;1-26-39(27(2)3)45(38(24)25)48(44(36(20)21)37(22)23)49(46(40(28(4)5)29(6)7)41(30(8)9)31(10)11)47(42(32(12)13)33(14)15)43(34(16)17)35(18)19;/h1-2H2;2-7H,1H3;2-6,13H,1H3;;1H/b;10-7-;;;/i;;;;1+1. The zero-order valence-corrected chi connectivity index (χ0v) is 73.0. The molecule has 51 radical (unpaired) electrons. The molecular weight excluding hydrogens is 1590 g/mol. The second-order valence-electron chi connectivity index (χ2n) is 26.4. The Morgan fingerprint density at radius 1 is 0.371 bits per heavy atom. The van der Waals surface area contributed by atoms with Gasteiger partial charge in [0.25, 0.3) is 0 Å². The van der Waals surface area contributed by atoms with Gasteiger partial charge in [-0.15, -0.1) is 22.7 Å². The second kappa shape index (κ2) is 68.5. The van der Waals surface area contributed by atoms with E-state index in [9.17, 15) is 9.59 Å². The number of fused-ring (bicyclic) bond motifs is 4. The molecule has 0 aliphatic carbocycles. The molecule has 0 saturated carbocycles. The molecule has 0 saturated heterocycles. The number of benzene rings is 2. The lowest BCUT2D eigenvalue weighted by Crippen LogP contribution is -2.95. The number of nitrogens with zero attached hydrogens (tertiary/aromatic N) is 3. The Labute approximate surface area is 825 Å². The van der Waals surface area contributed by atoms with Gasteiger partial charge in [0.05, 0.1) is 14.2 Å². The molecule has 5 rings (SSSR count). The summed E-state index contributed by atoms with van der Waals surface area (Å²) in [5, 5.41) is 10.7. The predicted octanol–water partition coefficient (Wildman–Crippen LogP) is -3.43. The number of H-pyrrole nitrogens is 1. The summed E-state index contributed by atoms with van der Waals surface area (Å²) in [6.07, 6.45) is -27.2. The Morgan fingerprint density at radius 2 is 0.636 bits per heavy atom. The van der Waals surface area contributed by atoms with E-state index in [0.717, 1.165) is 26.6 Å². The minimum atomic E-state index is -1.33. The molecule has 3 aromatic heterocycles. The zero-order chi connectivity index (χ0) is 98.3. The van der Waals surface area contributed by atoms with E-state index in [-0.39, 0.29) is 13.1 Å². The Bertz CT molecular complexity index is 6760. The van der Waals surface area contributed by atoms with Crippen LogP contribution in [-0.4, -0.2) is 378 Å². The van der Waals surface area contributed by atoms with E-state index in [1.165, 1.54) is 37.4 Å². The van der Waals surface area contributed by atoms with Crippen LogP contribution in [0.2, 0.25) is 0 Å². The molecule has 0 amide bonds. The highest BCUT2D eigenvalue weighted by Gasteiger charge is 2.60. The summed E-state index contributed by atoms with van der Waals surface area (Å²) < 4.78 is 11.5. The van der Waals surface area contributed by atoms with Crippen LogP contribution in [-0.2, 0) is 14.3 Å². The van der Waals surface area contributed by atoms with Crippen molar-refractivity contribution in [2.45, 2.75) is 0 Å². The van der Waals surface area contributed by atoms with Crippen LogP contribution in [0.25, 0.3) is 47.6 Å². The van der Waals surface area contributed by atoms with Crippen molar-refractivity contribution >= 4 is 419 Å². The number of aromatic nitrogens is 1. The summed E-state index contributed by atoms with van der Waals surface area (Å²) >= 11 is 3.24. The van der Waals surface area contributed by atoms with Gasteiger partial charge >= 0.3 is 11.9 Å². The number of esters is 2. The van der Waals surface area contributed by atoms with Crippen molar-refractivity contribution in [2.75, 3.05) is 14.2 Å². The highest BCUT2D eigenvalue weighted by Crippen LogP contribution is 2.31. The number of carbonyl (C=O) groups is 2. The molecule has 59 heteroatoms. The highest BCUT2D eigenvalue weighted by molar-refractivity contribution is 8.35. The lowest BCUT2D eigenvalue weighted by Gasteiger charge is -2.56. The van der Waals surface area contributed by atoms with Crippen LogP contribution in [0.1, 0.15) is 17.5 Å². The second-order valence-corrected chi connectivity index (χ2v) is 28.2. The fourth-order valence-electron chi connectivity index (χ4n) is 13.1. The molecule has 132 heavy (non-hydrogen) atoms. The maximum atomic E-state index is 11.4. The van der Waals surface area contributed by atoms with Gasteiger partial charge in [0.2, 0.25) is 0 Å². The molecule has 1 N–H and O–H groups in total. The molecule has 0 aliphatic heterocycles. The van der Waals surface area contributed by atoms with E-state index < -0.39 is 153 Å². The lowest BCUT2D eigenvalue weighted by atomic mass is 8.25. The van der Waals surface area contributed by atoms with Crippen LogP contribution in [0, 0.1) is 0 Å². The number of hydrogen-bond acceptors (Lipinski definition) is 7. The molecule has 0 fully saturated rings. The summed E-state index contributed by atoms with van der Waals surface area (Å²) in [7, 11) is 164. The van der Waals surface area contributed by atoms with Gasteiger partial charge in [-0.1, -0.05) is 40.8 Å². The molecule has 0 aliphatic rings. The third-order valence-electron chi connectivity index (χ3n) is 17.9. The minimum Gasteiger partial charge on any atom is -0.466 e. The van der Waals surface area contributed by atoms with Gasteiger partial charge in [0.15, 0.2) is 0 Å². The third kappa shape index (κ3) is 43.2. The zero-order valence-electron chi connectivity index (χ0n) is 71.3. The number of azide groups is 1. The molecule has 0 unspecified atom stereocenters. The number of rotatable bonds is 27. The van der Waals surface area contributed by atoms with E-state index in [4.69, 9.17) is 204 Å². The number of aromatic amines is 1. The van der Waals surface area contributed by atoms with Gasteiger partial charge in [-0.05, 0) is 168 Å². The van der Waals surface area contributed by atoms with Gasteiger partial charge in [-0.25, -0.2) is 9.59 Å². The number of hydrogen-bond donors (Lipinski definition) is 1. The van der Waals surface area contributed by atoms with Gasteiger partial charge in [0.1, 0.15) is 11.4 Å². The summed E-state index contributed by atoms with van der Waals surface area (Å²) in [5.41, 5.74) is 128. The van der Waals surface area contributed by atoms with Crippen LogP contribution in [0.15, 0.2) is 353 Å². The van der Waals surface area contributed by atoms with Crippen LogP contribution in [0.4, 0.5) is 0 Å². The Kier molecular flexibility index (Phi) is 60.5. The predicted molar refractivity (Wildman–Crippen MR) is 596 cm³/mol. The van der Waals surface area contributed by atoms with Crippen LogP contribution >= 0.6 is 22.7 Å². The van der Waals surface area contributed by atoms with Gasteiger partial charge in [0, 0.05) is 540 Å². The molecule has 2 aromatic carbocycles. The van der Waals surface area contributed by atoms with E-state index in [2.05, 4.69) is 314 Å². The monoisotopic (exact) mass is 1620 g/mol. The van der Waals surface area contributed by atoms with Crippen LogP contribution in [0.5, 0.6) is 0 Å². The van der Waals surface area contributed by atoms with Crippen molar-refractivity contribution in [1.29, 1.82) is 0 Å². The summed E-state index contributed by atoms with van der Waals surface area (Å²) in [4.78, 5) is 28.5. The molecule has 5 aromatic rings. The average molecular weight is 1620 g/mol. The van der Waals surface area contributed by atoms with E-state index in [1.807, 2.05) is 47.8 Å². The minimum absolute atomic E-state index is 0. The molecule has 519 valence electrons. The van der Waals surface area contributed by atoms with Crippen molar-refractivity contribution in [3.8, 4) is 0 Å². The Hall–Kier alpha value is -11.5. The van der Waals surface area contributed by atoms with Crippen molar-refractivity contribution < 1.29 is 20.5 Å². The molecule has 0 atom stereocenters. The van der Waals surface area contributed by atoms with E-state index in [1.54, 1.807) is 22.7 Å². The van der Waals surface area contributed by atoms with E-state index in [0.29, 0.717) is 5.69 Å². The fourth-order valence-corrected chi connectivity index (χ4v) is 14.9. The molecule has 0 spiro atoms. The topological polar surface area (TPSA) is 117 Å². The summed E-state index contributed by atoms with van der Waals surface area (Å²) in [6.45, 7) is 6.62. The number of carbonyl (C=O) groups excluding carboxylic acids is 2. The number of thiophene rings is 2. The fraction of sp³-hybridized carbons (Fsp3) is 0.0274. The maximum absolute atomic E-state index is 11.4. The Balaban J connectivity index is 0.000000972. The first-order chi connectivity index (χ1) is 63.3. The number of methoxy groups -OCH3 is 2. The largest absolute Gasteiger partial charge is 0.466 e. The lowest BCUT2D eigenvalue weighted by molar-refractivity contribution is -0.136. The summed E-state index contributed by atoms with van der Waals surface area (Å²) in [6, 6.07) is 15.7. The van der Waals surface area contributed by atoms with Crippen molar-refractivity contribution in [1.82, 2.24) is 4.98 Å².